The summed E-state index contributed by atoms with van der Waals surface area (Å²) in [5.74, 6) is 0.519. The lowest BCUT2D eigenvalue weighted by Gasteiger charge is -2.22. The number of ether oxygens (including phenoxy) is 1. The summed E-state index contributed by atoms with van der Waals surface area (Å²) in [6.07, 6.45) is 7.00. The third-order valence-corrected chi connectivity index (χ3v) is 2.85. The van der Waals surface area contributed by atoms with Gasteiger partial charge in [-0.25, -0.2) is 0 Å². The first-order valence-corrected chi connectivity index (χ1v) is 5.69. The van der Waals surface area contributed by atoms with E-state index < -0.39 is 0 Å². The van der Waals surface area contributed by atoms with Crippen molar-refractivity contribution in [3.05, 3.63) is 28.3 Å². The smallest absolute Gasteiger partial charge is 0.227 e. The first-order valence-electron chi connectivity index (χ1n) is 5.69. The number of aliphatic hydroxyl groups is 1. The highest BCUT2D eigenvalue weighted by atomic mass is 16.5. The first-order chi connectivity index (χ1) is 7.79. The standard InChI is InChI=1S/C12H16O4/c13-7-10-6-11(14)12(8-15-10)16-9-4-2-1-3-5-9/h6,8-9,13H,1-5,7H2. The van der Waals surface area contributed by atoms with Crippen molar-refractivity contribution >= 4 is 0 Å². The average molecular weight is 224 g/mol. The largest absolute Gasteiger partial charge is 0.483 e. The second-order valence-corrected chi connectivity index (χ2v) is 4.11. The number of rotatable bonds is 3. The molecule has 1 aliphatic carbocycles. The minimum absolute atomic E-state index is 0.136. The van der Waals surface area contributed by atoms with Crippen LogP contribution in [0.1, 0.15) is 37.9 Å². The summed E-state index contributed by atoms with van der Waals surface area (Å²) in [7, 11) is 0. The van der Waals surface area contributed by atoms with Gasteiger partial charge in [0.05, 0.1) is 6.10 Å². The van der Waals surface area contributed by atoms with E-state index in [0.29, 0.717) is 0 Å². The molecule has 0 amide bonds. The molecule has 1 N–H and O–H groups in total. The molecular weight excluding hydrogens is 208 g/mol. The fourth-order valence-electron chi connectivity index (χ4n) is 1.97. The average Bonchev–Trinajstić information content (AvgIpc) is 2.33. The van der Waals surface area contributed by atoms with Crippen LogP contribution in [-0.4, -0.2) is 11.2 Å². The predicted molar refractivity (Wildman–Crippen MR) is 58.4 cm³/mol. The SMILES string of the molecule is O=c1cc(CO)occ1OC1CCCCC1. The Morgan fingerprint density at radius 3 is 2.75 bits per heavy atom. The molecule has 1 aromatic rings. The lowest BCUT2D eigenvalue weighted by atomic mass is 9.98. The zero-order valence-corrected chi connectivity index (χ0v) is 9.15. The van der Waals surface area contributed by atoms with Crippen LogP contribution in [0, 0.1) is 0 Å². The van der Waals surface area contributed by atoms with Crippen LogP contribution >= 0.6 is 0 Å². The Hall–Kier alpha value is -1.29. The molecule has 1 aromatic heterocycles. The molecular formula is C12H16O4. The summed E-state index contributed by atoms with van der Waals surface area (Å²) in [6.45, 7) is -0.265. The van der Waals surface area contributed by atoms with Crippen molar-refractivity contribution in [1.82, 2.24) is 0 Å². The molecule has 2 rings (SSSR count). The van der Waals surface area contributed by atoms with E-state index >= 15 is 0 Å². The summed E-state index contributed by atoms with van der Waals surface area (Å²) < 4.78 is 10.7. The van der Waals surface area contributed by atoms with Crippen LogP contribution in [-0.2, 0) is 6.61 Å². The highest BCUT2D eigenvalue weighted by Gasteiger charge is 2.16. The quantitative estimate of drug-likeness (QED) is 0.851. The molecule has 1 aliphatic rings. The Kier molecular flexibility index (Phi) is 3.62. The van der Waals surface area contributed by atoms with Crippen molar-refractivity contribution in [3.8, 4) is 5.75 Å². The van der Waals surface area contributed by atoms with E-state index in [-0.39, 0.29) is 29.6 Å². The molecule has 0 saturated heterocycles. The van der Waals surface area contributed by atoms with Crippen molar-refractivity contribution < 1.29 is 14.3 Å². The van der Waals surface area contributed by atoms with Gasteiger partial charge in [0.25, 0.3) is 0 Å². The Morgan fingerprint density at radius 1 is 1.38 bits per heavy atom. The van der Waals surface area contributed by atoms with E-state index in [9.17, 15) is 4.79 Å². The minimum atomic E-state index is -0.265. The van der Waals surface area contributed by atoms with Gasteiger partial charge < -0.3 is 14.3 Å². The second kappa shape index (κ2) is 5.16. The highest BCUT2D eigenvalue weighted by molar-refractivity contribution is 5.17. The van der Waals surface area contributed by atoms with Gasteiger partial charge in [-0.3, -0.25) is 4.79 Å². The minimum Gasteiger partial charge on any atom is -0.483 e. The molecule has 0 bridgehead atoms. The summed E-state index contributed by atoms with van der Waals surface area (Å²) in [4.78, 5) is 11.6. The van der Waals surface area contributed by atoms with E-state index in [4.69, 9.17) is 14.3 Å². The van der Waals surface area contributed by atoms with Gasteiger partial charge in [-0.15, -0.1) is 0 Å². The van der Waals surface area contributed by atoms with Gasteiger partial charge >= 0.3 is 0 Å². The van der Waals surface area contributed by atoms with Crippen molar-refractivity contribution in [2.24, 2.45) is 0 Å². The van der Waals surface area contributed by atoms with Crippen LogP contribution in [0.4, 0.5) is 0 Å². The zero-order chi connectivity index (χ0) is 11.4. The van der Waals surface area contributed by atoms with Crippen molar-refractivity contribution in [1.29, 1.82) is 0 Å². The van der Waals surface area contributed by atoms with Crippen LogP contribution < -0.4 is 10.2 Å². The lowest BCUT2D eigenvalue weighted by molar-refractivity contribution is 0.148. The van der Waals surface area contributed by atoms with Crippen molar-refractivity contribution in [3.63, 3.8) is 0 Å². The maximum Gasteiger partial charge on any atom is 0.227 e. The molecule has 1 saturated carbocycles. The summed E-state index contributed by atoms with van der Waals surface area (Å²) in [6, 6.07) is 1.28. The first kappa shape index (κ1) is 11.2. The van der Waals surface area contributed by atoms with Crippen LogP contribution in [0.15, 0.2) is 21.5 Å². The van der Waals surface area contributed by atoms with Gasteiger partial charge in [-0.1, -0.05) is 6.42 Å². The molecule has 0 radical (unpaired) electrons. The fourth-order valence-corrected chi connectivity index (χ4v) is 1.97. The van der Waals surface area contributed by atoms with E-state index in [1.807, 2.05) is 0 Å². The maximum absolute atomic E-state index is 11.6. The maximum atomic E-state index is 11.6. The van der Waals surface area contributed by atoms with Crippen LogP contribution in [0.2, 0.25) is 0 Å². The number of hydrogen-bond acceptors (Lipinski definition) is 4. The lowest BCUT2D eigenvalue weighted by Crippen LogP contribution is -2.22. The number of aliphatic hydroxyl groups excluding tert-OH is 1. The third kappa shape index (κ3) is 2.64. The molecule has 1 heterocycles. The van der Waals surface area contributed by atoms with Gasteiger partial charge in [0.15, 0.2) is 0 Å². The van der Waals surface area contributed by atoms with E-state index in [1.165, 1.54) is 18.8 Å². The van der Waals surface area contributed by atoms with Crippen LogP contribution in [0.3, 0.4) is 0 Å². The summed E-state index contributed by atoms with van der Waals surface area (Å²) in [5, 5.41) is 8.80. The second-order valence-electron chi connectivity index (χ2n) is 4.11. The monoisotopic (exact) mass is 224 g/mol. The summed E-state index contributed by atoms with van der Waals surface area (Å²) in [5.41, 5.74) is -0.221. The predicted octanol–water partition coefficient (Wildman–Crippen LogP) is 1.84. The van der Waals surface area contributed by atoms with Gasteiger partial charge in [-0.05, 0) is 25.7 Å². The van der Waals surface area contributed by atoms with E-state index in [0.717, 1.165) is 25.7 Å². The Bertz CT molecular complexity index is 390. The normalized spacial score (nSPS) is 17.3. The van der Waals surface area contributed by atoms with Gasteiger partial charge in [-0.2, -0.15) is 0 Å². The van der Waals surface area contributed by atoms with E-state index in [1.54, 1.807) is 0 Å². The molecule has 4 nitrogen and oxygen atoms in total. The molecule has 88 valence electrons. The summed E-state index contributed by atoms with van der Waals surface area (Å²) >= 11 is 0. The van der Waals surface area contributed by atoms with Gasteiger partial charge in [0.1, 0.15) is 18.6 Å². The number of hydrogen-bond donors (Lipinski definition) is 1. The molecule has 16 heavy (non-hydrogen) atoms. The topological polar surface area (TPSA) is 59.7 Å². The molecule has 4 heteroatoms. The Morgan fingerprint density at radius 2 is 2.12 bits per heavy atom. The molecule has 1 fully saturated rings. The fraction of sp³-hybridized carbons (Fsp3) is 0.583. The Labute approximate surface area is 93.9 Å². The molecule has 0 atom stereocenters. The van der Waals surface area contributed by atoms with Gasteiger partial charge in [0, 0.05) is 6.07 Å². The Balaban J connectivity index is 2.06. The molecule has 0 unspecified atom stereocenters. The molecule has 0 aromatic carbocycles. The third-order valence-electron chi connectivity index (χ3n) is 2.85. The van der Waals surface area contributed by atoms with Crippen molar-refractivity contribution in [2.45, 2.75) is 44.8 Å². The van der Waals surface area contributed by atoms with Crippen molar-refractivity contribution in [2.75, 3.05) is 0 Å². The van der Waals surface area contributed by atoms with Crippen LogP contribution in [0.25, 0.3) is 0 Å². The van der Waals surface area contributed by atoms with Crippen LogP contribution in [0.5, 0.6) is 5.75 Å². The van der Waals surface area contributed by atoms with E-state index in [2.05, 4.69) is 0 Å². The van der Waals surface area contributed by atoms with Gasteiger partial charge in [0.2, 0.25) is 11.2 Å². The zero-order valence-electron chi connectivity index (χ0n) is 9.15. The molecule has 0 aliphatic heterocycles. The highest BCUT2D eigenvalue weighted by Crippen LogP contribution is 2.21. The molecule has 0 spiro atoms.